The quantitative estimate of drug-likeness (QED) is 0.381. The highest BCUT2D eigenvalue weighted by Gasteiger charge is 2.41. The van der Waals surface area contributed by atoms with Crippen LogP contribution in [-0.4, -0.2) is 37.7 Å². The van der Waals surface area contributed by atoms with Crippen molar-refractivity contribution in [1.82, 2.24) is 0 Å². The number of ether oxygens (including phenoxy) is 1. The van der Waals surface area contributed by atoms with Gasteiger partial charge in [-0.2, -0.15) is 13.2 Å². The molecular weight excluding hydrogens is 365 g/mol. The van der Waals surface area contributed by atoms with E-state index in [4.69, 9.17) is 21.7 Å². The third-order valence-corrected chi connectivity index (χ3v) is 4.96. The number of rotatable bonds is 7. The molecule has 26 heavy (non-hydrogen) atoms. The minimum absolute atomic E-state index is 0.136. The van der Waals surface area contributed by atoms with Gasteiger partial charge in [0.1, 0.15) is 6.54 Å². The summed E-state index contributed by atoms with van der Waals surface area (Å²) in [6.45, 7) is 5.45. The molecule has 0 saturated heterocycles. The van der Waals surface area contributed by atoms with Crippen molar-refractivity contribution in [1.29, 1.82) is 5.41 Å². The van der Waals surface area contributed by atoms with Crippen LogP contribution >= 0.6 is 11.6 Å². The first kappa shape index (κ1) is 20.9. The highest BCUT2D eigenvalue weighted by atomic mass is 35.5. The van der Waals surface area contributed by atoms with E-state index in [1.54, 1.807) is 6.07 Å². The molecule has 0 amide bonds. The summed E-state index contributed by atoms with van der Waals surface area (Å²) < 4.78 is 44.4. The average molecular weight is 391 g/mol. The van der Waals surface area contributed by atoms with Gasteiger partial charge in [0.25, 0.3) is 0 Å². The Morgan fingerprint density at radius 3 is 2.65 bits per heavy atom. The predicted octanol–water partition coefficient (Wildman–Crippen LogP) is 5.46. The molecular formula is C19H26ClF3N2O. The zero-order valence-corrected chi connectivity index (χ0v) is 16.2. The molecule has 0 saturated carbocycles. The van der Waals surface area contributed by atoms with Gasteiger partial charge in [-0.1, -0.05) is 26.0 Å². The number of anilines is 1. The fraction of sp³-hybridized carbons (Fsp3) is 0.632. The second-order valence-corrected chi connectivity index (χ2v) is 7.69. The van der Waals surface area contributed by atoms with Gasteiger partial charge < -0.3 is 9.64 Å². The first-order valence-electron chi connectivity index (χ1n) is 8.82. The molecule has 1 aliphatic heterocycles. The van der Waals surface area contributed by atoms with Crippen molar-refractivity contribution < 1.29 is 17.9 Å². The van der Waals surface area contributed by atoms with Gasteiger partial charge in [-0.05, 0) is 37.0 Å². The molecule has 2 rings (SSSR count). The molecule has 146 valence electrons. The fourth-order valence-electron chi connectivity index (χ4n) is 3.59. The SMILES string of the molecule is CCOC(=N)C(CCCCl)c1ccc2c(c1)N(CC(F)(F)F)CC2(C)C. The van der Waals surface area contributed by atoms with E-state index >= 15 is 0 Å². The molecule has 0 spiro atoms. The summed E-state index contributed by atoms with van der Waals surface area (Å²) in [5, 5.41) is 8.17. The third-order valence-electron chi connectivity index (χ3n) is 4.69. The summed E-state index contributed by atoms with van der Waals surface area (Å²) in [4.78, 5) is 1.39. The lowest BCUT2D eigenvalue weighted by Gasteiger charge is -2.24. The number of halogens is 4. The summed E-state index contributed by atoms with van der Waals surface area (Å²) in [6, 6.07) is 5.60. The third kappa shape index (κ3) is 4.84. The van der Waals surface area contributed by atoms with Gasteiger partial charge in [-0.3, -0.25) is 5.41 Å². The van der Waals surface area contributed by atoms with E-state index in [9.17, 15) is 13.2 Å². The van der Waals surface area contributed by atoms with Crippen LogP contribution in [0, 0.1) is 5.41 Å². The standard InChI is InChI=1S/C19H26ClF3N2O/c1-4-26-17(24)14(6-5-9-20)13-7-8-15-16(10-13)25(11-18(15,2)3)12-19(21,22)23/h7-8,10,14,24H,4-6,9,11-12H2,1-3H3. The first-order chi connectivity index (χ1) is 12.1. The predicted molar refractivity (Wildman–Crippen MR) is 99.8 cm³/mol. The fourth-order valence-corrected chi connectivity index (χ4v) is 3.75. The molecule has 1 atom stereocenters. The van der Waals surface area contributed by atoms with Crippen LogP contribution in [0.4, 0.5) is 18.9 Å². The van der Waals surface area contributed by atoms with Crippen LogP contribution in [0.25, 0.3) is 0 Å². The first-order valence-corrected chi connectivity index (χ1v) is 9.36. The van der Waals surface area contributed by atoms with Crippen LogP contribution in [0.1, 0.15) is 50.7 Å². The lowest BCUT2D eigenvalue weighted by Crippen LogP contribution is -2.36. The highest BCUT2D eigenvalue weighted by Crippen LogP contribution is 2.43. The summed E-state index contributed by atoms with van der Waals surface area (Å²) in [6.07, 6.45) is -2.93. The van der Waals surface area contributed by atoms with E-state index in [2.05, 4.69) is 0 Å². The van der Waals surface area contributed by atoms with Crippen molar-refractivity contribution >= 4 is 23.2 Å². The lowest BCUT2D eigenvalue weighted by atomic mass is 9.85. The molecule has 0 bridgehead atoms. The molecule has 1 heterocycles. The summed E-state index contributed by atoms with van der Waals surface area (Å²) >= 11 is 5.80. The largest absolute Gasteiger partial charge is 0.481 e. The molecule has 1 aliphatic rings. The van der Waals surface area contributed by atoms with Crippen LogP contribution in [0.3, 0.4) is 0 Å². The number of hydrogen-bond acceptors (Lipinski definition) is 3. The van der Waals surface area contributed by atoms with E-state index in [0.29, 0.717) is 37.6 Å². The molecule has 1 N–H and O–H groups in total. The van der Waals surface area contributed by atoms with Crippen molar-refractivity contribution in [2.45, 2.75) is 51.1 Å². The maximum atomic E-state index is 13.0. The van der Waals surface area contributed by atoms with Crippen LogP contribution < -0.4 is 4.90 Å². The average Bonchev–Trinajstić information content (AvgIpc) is 2.76. The van der Waals surface area contributed by atoms with Crippen molar-refractivity contribution in [3.05, 3.63) is 29.3 Å². The monoisotopic (exact) mass is 390 g/mol. The van der Waals surface area contributed by atoms with E-state index in [0.717, 1.165) is 11.1 Å². The summed E-state index contributed by atoms with van der Waals surface area (Å²) in [5.41, 5.74) is 1.96. The second-order valence-electron chi connectivity index (χ2n) is 7.31. The van der Waals surface area contributed by atoms with E-state index < -0.39 is 12.7 Å². The Balaban J connectivity index is 2.39. The van der Waals surface area contributed by atoms with Gasteiger partial charge in [0.2, 0.25) is 0 Å². The Morgan fingerprint density at radius 1 is 1.38 bits per heavy atom. The summed E-state index contributed by atoms with van der Waals surface area (Å²) in [5.74, 6) is 0.307. The number of benzene rings is 1. The van der Waals surface area contributed by atoms with Crippen LogP contribution in [-0.2, 0) is 10.2 Å². The maximum Gasteiger partial charge on any atom is 0.405 e. The Hall–Kier alpha value is -1.43. The number of fused-ring (bicyclic) bond motifs is 1. The van der Waals surface area contributed by atoms with E-state index in [1.807, 2.05) is 32.9 Å². The zero-order chi connectivity index (χ0) is 19.5. The highest BCUT2D eigenvalue weighted by molar-refractivity contribution is 6.17. The van der Waals surface area contributed by atoms with Crippen molar-refractivity contribution in [3.63, 3.8) is 0 Å². The smallest absolute Gasteiger partial charge is 0.405 e. The molecule has 0 fully saturated rings. The van der Waals surface area contributed by atoms with Gasteiger partial charge in [0.05, 0.1) is 12.5 Å². The van der Waals surface area contributed by atoms with Gasteiger partial charge >= 0.3 is 6.18 Å². The van der Waals surface area contributed by atoms with Gasteiger partial charge in [-0.15, -0.1) is 11.6 Å². The van der Waals surface area contributed by atoms with Gasteiger partial charge in [0.15, 0.2) is 5.90 Å². The van der Waals surface area contributed by atoms with E-state index in [-0.39, 0.29) is 17.2 Å². The lowest BCUT2D eigenvalue weighted by molar-refractivity contribution is -0.119. The number of nitrogens with zero attached hydrogens (tertiary/aromatic N) is 1. The Bertz CT molecular complexity index is 644. The normalized spacial score (nSPS) is 17.1. The van der Waals surface area contributed by atoms with Gasteiger partial charge in [0, 0.05) is 23.5 Å². The molecule has 0 aromatic heterocycles. The minimum atomic E-state index is -4.26. The Labute approximate surface area is 158 Å². The second kappa shape index (κ2) is 8.07. The Morgan fingerprint density at radius 2 is 2.08 bits per heavy atom. The molecule has 7 heteroatoms. The molecule has 0 radical (unpaired) electrons. The number of alkyl halides is 4. The number of nitrogens with one attached hydrogen (secondary N) is 1. The van der Waals surface area contributed by atoms with Crippen LogP contribution in [0.2, 0.25) is 0 Å². The summed E-state index contributed by atoms with van der Waals surface area (Å²) in [7, 11) is 0. The molecule has 3 nitrogen and oxygen atoms in total. The van der Waals surface area contributed by atoms with Crippen LogP contribution in [0.5, 0.6) is 0 Å². The maximum absolute atomic E-state index is 13.0. The van der Waals surface area contributed by atoms with Crippen molar-refractivity contribution in [2.75, 3.05) is 30.5 Å². The topological polar surface area (TPSA) is 36.3 Å². The molecule has 1 unspecified atom stereocenters. The van der Waals surface area contributed by atoms with Gasteiger partial charge in [-0.25, -0.2) is 0 Å². The molecule has 1 aromatic rings. The Kier molecular flexibility index (Phi) is 6.48. The van der Waals surface area contributed by atoms with Crippen molar-refractivity contribution in [2.24, 2.45) is 0 Å². The van der Waals surface area contributed by atoms with Crippen LogP contribution in [0.15, 0.2) is 18.2 Å². The minimum Gasteiger partial charge on any atom is -0.481 e. The molecule has 0 aliphatic carbocycles. The zero-order valence-electron chi connectivity index (χ0n) is 15.4. The van der Waals surface area contributed by atoms with Crippen molar-refractivity contribution in [3.8, 4) is 0 Å². The number of hydrogen-bond donors (Lipinski definition) is 1. The molecule has 1 aromatic carbocycles. The van der Waals surface area contributed by atoms with E-state index in [1.165, 1.54) is 4.90 Å².